The molecule has 0 unspecified atom stereocenters. The average molecular weight is 402 g/mol. The quantitative estimate of drug-likeness (QED) is 0.850. The molecule has 7 nitrogen and oxygen atoms in total. The van der Waals surface area contributed by atoms with Gasteiger partial charge in [-0.25, -0.2) is 8.42 Å². The van der Waals surface area contributed by atoms with Gasteiger partial charge in [-0.1, -0.05) is 6.07 Å². The molecule has 1 saturated heterocycles. The lowest BCUT2D eigenvalue weighted by Gasteiger charge is -2.27. The predicted octanol–water partition coefficient (Wildman–Crippen LogP) is 2.81. The summed E-state index contributed by atoms with van der Waals surface area (Å²) < 4.78 is 36.3. The van der Waals surface area contributed by atoms with Gasteiger partial charge in [0.15, 0.2) is 11.5 Å². The second-order valence-corrected chi connectivity index (χ2v) is 8.76. The number of carbonyl (C=O) groups is 1. The lowest BCUT2D eigenvalue weighted by Crippen LogP contribution is -2.30. The highest BCUT2D eigenvalue weighted by molar-refractivity contribution is 7.92. The van der Waals surface area contributed by atoms with Gasteiger partial charge >= 0.3 is 0 Å². The Balaban J connectivity index is 1.54. The number of fused-ring (bicyclic) bond motifs is 1. The van der Waals surface area contributed by atoms with Gasteiger partial charge in [0.25, 0.3) is 5.91 Å². The SMILES string of the molecule is CS(=O)(=O)Nc1ccc(C(=O)N2CCC[C@@H]2c2ccc3c(c2)OCCO3)cc1. The van der Waals surface area contributed by atoms with Crippen molar-refractivity contribution in [2.75, 3.05) is 30.7 Å². The maximum absolute atomic E-state index is 13.0. The molecule has 0 radical (unpaired) electrons. The minimum atomic E-state index is -3.35. The first-order valence-corrected chi connectivity index (χ1v) is 11.1. The number of ether oxygens (including phenoxy) is 2. The van der Waals surface area contributed by atoms with Gasteiger partial charge in [-0.2, -0.15) is 0 Å². The minimum Gasteiger partial charge on any atom is -0.486 e. The average Bonchev–Trinajstić information content (AvgIpc) is 3.16. The molecule has 1 atom stereocenters. The summed E-state index contributed by atoms with van der Waals surface area (Å²) in [5, 5.41) is 0. The molecule has 0 bridgehead atoms. The number of hydrogen-bond acceptors (Lipinski definition) is 5. The zero-order chi connectivity index (χ0) is 19.7. The lowest BCUT2D eigenvalue weighted by atomic mass is 10.0. The molecule has 8 heteroatoms. The lowest BCUT2D eigenvalue weighted by molar-refractivity contribution is 0.0735. The van der Waals surface area contributed by atoms with Gasteiger partial charge in [0.2, 0.25) is 10.0 Å². The van der Waals surface area contributed by atoms with Gasteiger partial charge in [-0.3, -0.25) is 9.52 Å². The van der Waals surface area contributed by atoms with Crippen molar-refractivity contribution in [1.82, 2.24) is 4.90 Å². The number of rotatable bonds is 4. The van der Waals surface area contributed by atoms with Crippen LogP contribution in [0.5, 0.6) is 11.5 Å². The number of carbonyl (C=O) groups excluding carboxylic acids is 1. The normalized spacial score (nSPS) is 18.8. The summed E-state index contributed by atoms with van der Waals surface area (Å²) in [6.07, 6.45) is 2.91. The molecule has 2 heterocycles. The molecular weight excluding hydrogens is 380 g/mol. The monoisotopic (exact) mass is 402 g/mol. The molecular formula is C20H22N2O5S. The second kappa shape index (κ2) is 7.35. The molecule has 1 amide bonds. The van der Waals surface area contributed by atoms with Crippen LogP contribution in [-0.2, 0) is 10.0 Å². The first-order chi connectivity index (χ1) is 13.4. The molecule has 2 aromatic carbocycles. The number of amides is 1. The molecule has 2 aromatic rings. The summed E-state index contributed by atoms with van der Waals surface area (Å²) in [5.41, 5.74) is 2.00. The third kappa shape index (κ3) is 3.91. The largest absolute Gasteiger partial charge is 0.486 e. The number of hydrogen-bond donors (Lipinski definition) is 1. The van der Waals surface area contributed by atoms with Crippen LogP contribution in [0.3, 0.4) is 0 Å². The third-order valence-electron chi connectivity index (χ3n) is 4.90. The molecule has 0 saturated carbocycles. The van der Waals surface area contributed by atoms with E-state index in [0.717, 1.165) is 36.2 Å². The van der Waals surface area contributed by atoms with Crippen LogP contribution in [0.15, 0.2) is 42.5 Å². The van der Waals surface area contributed by atoms with E-state index in [1.165, 1.54) is 0 Å². The molecule has 28 heavy (non-hydrogen) atoms. The van der Waals surface area contributed by atoms with E-state index in [2.05, 4.69) is 4.72 Å². The molecule has 0 aromatic heterocycles. The van der Waals surface area contributed by atoms with Crippen LogP contribution in [0.25, 0.3) is 0 Å². The van der Waals surface area contributed by atoms with Crippen molar-refractivity contribution in [1.29, 1.82) is 0 Å². The number of nitrogens with zero attached hydrogens (tertiary/aromatic N) is 1. The van der Waals surface area contributed by atoms with Gasteiger partial charge in [0.1, 0.15) is 13.2 Å². The summed E-state index contributed by atoms with van der Waals surface area (Å²) in [4.78, 5) is 14.9. The minimum absolute atomic E-state index is 0.0165. The van der Waals surface area contributed by atoms with Gasteiger partial charge in [-0.15, -0.1) is 0 Å². The molecule has 0 aliphatic carbocycles. The first kappa shape index (κ1) is 18.6. The van der Waals surface area contributed by atoms with Crippen molar-refractivity contribution in [2.24, 2.45) is 0 Å². The maximum atomic E-state index is 13.0. The Morgan fingerprint density at radius 3 is 2.50 bits per heavy atom. The van der Waals surface area contributed by atoms with Crippen LogP contribution in [0.1, 0.15) is 34.8 Å². The van der Waals surface area contributed by atoms with E-state index >= 15 is 0 Å². The van der Waals surface area contributed by atoms with Crippen molar-refractivity contribution in [3.8, 4) is 11.5 Å². The van der Waals surface area contributed by atoms with E-state index in [9.17, 15) is 13.2 Å². The summed E-state index contributed by atoms with van der Waals surface area (Å²) in [5.74, 6) is 1.39. The van der Waals surface area contributed by atoms with Crippen LogP contribution in [0, 0.1) is 0 Å². The fourth-order valence-corrected chi connectivity index (χ4v) is 4.25. The fraction of sp³-hybridized carbons (Fsp3) is 0.350. The van der Waals surface area contributed by atoms with E-state index in [1.54, 1.807) is 24.3 Å². The zero-order valence-electron chi connectivity index (χ0n) is 15.6. The summed E-state index contributed by atoms with van der Waals surface area (Å²) >= 11 is 0. The number of anilines is 1. The highest BCUT2D eigenvalue weighted by atomic mass is 32.2. The number of likely N-dealkylation sites (tertiary alicyclic amines) is 1. The number of nitrogens with one attached hydrogen (secondary N) is 1. The van der Waals surface area contributed by atoms with Crippen LogP contribution >= 0.6 is 0 Å². The topological polar surface area (TPSA) is 84.9 Å². The van der Waals surface area contributed by atoms with Crippen molar-refractivity contribution < 1.29 is 22.7 Å². The Morgan fingerprint density at radius 2 is 1.79 bits per heavy atom. The van der Waals surface area contributed by atoms with Gasteiger partial charge in [-0.05, 0) is 54.8 Å². The van der Waals surface area contributed by atoms with Crippen molar-refractivity contribution in [3.63, 3.8) is 0 Å². The third-order valence-corrected chi connectivity index (χ3v) is 5.51. The molecule has 1 N–H and O–H groups in total. The van der Waals surface area contributed by atoms with Crippen molar-refractivity contribution >= 4 is 21.6 Å². The van der Waals surface area contributed by atoms with Crippen LogP contribution < -0.4 is 14.2 Å². The van der Waals surface area contributed by atoms with Crippen LogP contribution in [0.2, 0.25) is 0 Å². The van der Waals surface area contributed by atoms with Crippen molar-refractivity contribution in [3.05, 3.63) is 53.6 Å². The summed E-state index contributed by atoms with van der Waals surface area (Å²) in [6, 6.07) is 12.3. The Hall–Kier alpha value is -2.74. The zero-order valence-corrected chi connectivity index (χ0v) is 16.4. The summed E-state index contributed by atoms with van der Waals surface area (Å²) in [6.45, 7) is 1.75. The predicted molar refractivity (Wildman–Crippen MR) is 105 cm³/mol. The van der Waals surface area contributed by atoms with Gasteiger partial charge in [0.05, 0.1) is 12.3 Å². The Kier molecular flexibility index (Phi) is 4.89. The Morgan fingerprint density at radius 1 is 1.07 bits per heavy atom. The van der Waals surface area contributed by atoms with E-state index in [0.29, 0.717) is 31.0 Å². The van der Waals surface area contributed by atoms with E-state index < -0.39 is 10.0 Å². The molecule has 148 valence electrons. The highest BCUT2D eigenvalue weighted by Crippen LogP contribution is 2.38. The first-order valence-electron chi connectivity index (χ1n) is 9.19. The van der Waals surface area contributed by atoms with Gasteiger partial charge in [0, 0.05) is 17.8 Å². The summed E-state index contributed by atoms with van der Waals surface area (Å²) in [7, 11) is -3.35. The molecule has 2 aliphatic heterocycles. The van der Waals surface area contributed by atoms with E-state index in [4.69, 9.17) is 9.47 Å². The number of sulfonamides is 1. The van der Waals surface area contributed by atoms with E-state index in [1.807, 2.05) is 23.1 Å². The van der Waals surface area contributed by atoms with Gasteiger partial charge < -0.3 is 14.4 Å². The maximum Gasteiger partial charge on any atom is 0.254 e. The molecule has 0 spiro atoms. The van der Waals surface area contributed by atoms with Crippen LogP contribution in [-0.4, -0.2) is 45.2 Å². The van der Waals surface area contributed by atoms with Crippen molar-refractivity contribution in [2.45, 2.75) is 18.9 Å². The Bertz CT molecular complexity index is 988. The Labute approximate surface area is 164 Å². The smallest absolute Gasteiger partial charge is 0.254 e. The number of benzene rings is 2. The van der Waals surface area contributed by atoms with Crippen LogP contribution in [0.4, 0.5) is 5.69 Å². The fourth-order valence-electron chi connectivity index (χ4n) is 3.68. The van der Waals surface area contributed by atoms with E-state index in [-0.39, 0.29) is 11.9 Å². The molecule has 2 aliphatic rings. The molecule has 4 rings (SSSR count). The molecule has 1 fully saturated rings. The second-order valence-electron chi connectivity index (χ2n) is 7.01. The highest BCUT2D eigenvalue weighted by Gasteiger charge is 2.31. The standard InChI is InChI=1S/C20H22N2O5S/c1-28(24,25)21-16-7-4-14(5-8-16)20(23)22-10-2-3-17(22)15-6-9-18-19(13-15)27-12-11-26-18/h4-9,13,17,21H,2-3,10-12H2,1H3/t17-/m1/s1.